The number of aryl methyl sites for hydroxylation is 2. The van der Waals surface area contributed by atoms with Crippen LogP contribution in [0.2, 0.25) is 0 Å². The van der Waals surface area contributed by atoms with Crippen LogP contribution in [0, 0.1) is 12.7 Å². The third-order valence-electron chi connectivity index (χ3n) is 4.11. The number of rotatable bonds is 4. The molecule has 130 valence electrons. The van der Waals surface area contributed by atoms with E-state index in [2.05, 4.69) is 10.1 Å². The van der Waals surface area contributed by atoms with Crippen molar-refractivity contribution >= 4 is 22.7 Å². The second kappa shape index (κ2) is 6.84. The van der Waals surface area contributed by atoms with Crippen molar-refractivity contribution in [3.05, 3.63) is 59.5 Å². The number of halogens is 1. The van der Waals surface area contributed by atoms with Gasteiger partial charge in [-0.2, -0.15) is 0 Å². The predicted molar refractivity (Wildman–Crippen MR) is 94.4 cm³/mol. The van der Waals surface area contributed by atoms with Crippen LogP contribution in [0.5, 0.6) is 5.75 Å². The number of hydrogen-bond donors (Lipinski definition) is 1. The van der Waals surface area contributed by atoms with Crippen molar-refractivity contribution in [1.29, 1.82) is 0 Å². The van der Waals surface area contributed by atoms with Gasteiger partial charge in [0.05, 0.1) is 12.8 Å². The van der Waals surface area contributed by atoms with Crippen molar-refractivity contribution in [3.63, 3.8) is 0 Å². The van der Waals surface area contributed by atoms with Gasteiger partial charge in [0.1, 0.15) is 18.2 Å². The van der Waals surface area contributed by atoms with Gasteiger partial charge in [-0.15, -0.1) is 0 Å². The molecule has 0 atom stereocenters. The molecule has 3 aromatic rings. The molecule has 0 spiro atoms. The fraction of sp³-hybridized carbons (Fsp3) is 0.211. The van der Waals surface area contributed by atoms with E-state index >= 15 is 0 Å². The normalized spacial score (nSPS) is 10.7. The highest BCUT2D eigenvalue weighted by Gasteiger charge is 2.09. The highest BCUT2D eigenvalue weighted by atomic mass is 19.1. The summed E-state index contributed by atoms with van der Waals surface area (Å²) in [6, 6.07) is 12.0. The quantitative estimate of drug-likeness (QED) is 0.765. The zero-order valence-electron chi connectivity index (χ0n) is 14.3. The summed E-state index contributed by atoms with van der Waals surface area (Å²) in [5, 5.41) is 3.48. The van der Waals surface area contributed by atoms with E-state index in [0.717, 1.165) is 22.2 Å². The third kappa shape index (κ3) is 3.57. The van der Waals surface area contributed by atoms with Crippen LogP contribution in [-0.2, 0) is 18.4 Å². The summed E-state index contributed by atoms with van der Waals surface area (Å²) in [6.45, 7) is 2.23. The van der Waals surface area contributed by atoms with Gasteiger partial charge >= 0.3 is 6.09 Å². The highest BCUT2D eigenvalue weighted by molar-refractivity contribution is 5.85. The molecule has 25 heavy (non-hydrogen) atoms. The molecule has 0 unspecified atom stereocenters. The van der Waals surface area contributed by atoms with Crippen LogP contribution in [0.4, 0.5) is 14.9 Å². The molecule has 3 rings (SSSR count). The topological polar surface area (TPSA) is 52.5 Å². The molecule has 0 radical (unpaired) electrons. The second-order valence-corrected chi connectivity index (χ2v) is 5.78. The zero-order chi connectivity index (χ0) is 18.0. The molecule has 5 nitrogen and oxygen atoms in total. The van der Waals surface area contributed by atoms with Crippen LogP contribution in [-0.4, -0.2) is 17.8 Å². The molecule has 0 aliphatic rings. The highest BCUT2D eigenvalue weighted by Crippen LogP contribution is 2.24. The predicted octanol–water partition coefficient (Wildman–Crippen LogP) is 4.38. The molecule has 1 amide bonds. The summed E-state index contributed by atoms with van der Waals surface area (Å²) in [5.41, 5.74) is 3.42. The number of carbonyl (C=O) groups excluding carboxylic acids is 1. The smallest absolute Gasteiger partial charge is 0.411 e. The first-order chi connectivity index (χ1) is 12.0. The molecule has 0 saturated carbocycles. The van der Waals surface area contributed by atoms with Gasteiger partial charge < -0.3 is 14.0 Å². The largest absolute Gasteiger partial charge is 0.487 e. The number of amides is 1. The minimum Gasteiger partial charge on any atom is -0.487 e. The van der Waals surface area contributed by atoms with Crippen molar-refractivity contribution in [2.45, 2.75) is 13.5 Å². The molecule has 6 heteroatoms. The average Bonchev–Trinajstić information content (AvgIpc) is 2.90. The van der Waals surface area contributed by atoms with E-state index < -0.39 is 6.09 Å². The third-order valence-corrected chi connectivity index (χ3v) is 4.11. The number of benzene rings is 2. The minimum absolute atomic E-state index is 0.255. The van der Waals surface area contributed by atoms with Crippen molar-refractivity contribution in [3.8, 4) is 5.75 Å². The summed E-state index contributed by atoms with van der Waals surface area (Å²) in [7, 11) is 3.24. The minimum atomic E-state index is -0.514. The van der Waals surface area contributed by atoms with E-state index in [4.69, 9.17) is 4.74 Å². The first kappa shape index (κ1) is 16.8. The Labute approximate surface area is 145 Å². The zero-order valence-corrected chi connectivity index (χ0v) is 14.3. The van der Waals surface area contributed by atoms with Crippen molar-refractivity contribution in [1.82, 2.24) is 4.57 Å². The molecular weight excluding hydrogens is 323 g/mol. The van der Waals surface area contributed by atoms with Gasteiger partial charge in [-0.1, -0.05) is 0 Å². The number of fused-ring (bicyclic) bond motifs is 1. The Bertz CT molecular complexity index is 934. The van der Waals surface area contributed by atoms with E-state index in [1.54, 1.807) is 18.2 Å². The Balaban J connectivity index is 1.74. The van der Waals surface area contributed by atoms with E-state index in [-0.39, 0.29) is 5.82 Å². The maximum absolute atomic E-state index is 13.3. The molecule has 0 aliphatic heterocycles. The molecule has 1 N–H and O–H groups in total. The summed E-state index contributed by atoms with van der Waals surface area (Å²) in [4.78, 5) is 11.3. The molecule has 0 aliphatic carbocycles. The van der Waals surface area contributed by atoms with Crippen LogP contribution in [0.15, 0.2) is 42.5 Å². The van der Waals surface area contributed by atoms with Crippen molar-refractivity contribution in [2.24, 2.45) is 7.05 Å². The maximum Gasteiger partial charge on any atom is 0.411 e. The maximum atomic E-state index is 13.3. The Morgan fingerprint density at radius 2 is 2.00 bits per heavy atom. The lowest BCUT2D eigenvalue weighted by molar-refractivity contribution is 0.187. The summed E-state index contributed by atoms with van der Waals surface area (Å²) in [6.07, 6.45) is -0.514. The standard InChI is InChI=1S/C19H19FN2O3/c1-12-8-16(5-6-17(12)21-19(23)24-3)25-11-15-10-13-9-14(20)4-7-18(13)22(15)2/h4-10H,11H2,1-3H3,(H,21,23). The van der Waals surface area contributed by atoms with Crippen LogP contribution in [0.3, 0.4) is 0 Å². The lowest BCUT2D eigenvalue weighted by Gasteiger charge is -2.11. The number of anilines is 1. The molecule has 0 fully saturated rings. The van der Waals surface area contributed by atoms with Crippen molar-refractivity contribution in [2.75, 3.05) is 12.4 Å². The van der Waals surface area contributed by atoms with Gasteiger partial charge in [0.2, 0.25) is 0 Å². The van der Waals surface area contributed by atoms with Crippen molar-refractivity contribution < 1.29 is 18.7 Å². The van der Waals surface area contributed by atoms with Gasteiger partial charge in [-0.3, -0.25) is 5.32 Å². The Morgan fingerprint density at radius 3 is 2.72 bits per heavy atom. The lowest BCUT2D eigenvalue weighted by Crippen LogP contribution is -2.11. The summed E-state index contributed by atoms with van der Waals surface area (Å²) < 4.78 is 25.8. The van der Waals surface area contributed by atoms with Crippen LogP contribution >= 0.6 is 0 Å². The lowest BCUT2D eigenvalue weighted by atomic mass is 10.2. The Morgan fingerprint density at radius 1 is 1.20 bits per heavy atom. The van der Waals surface area contributed by atoms with Gasteiger partial charge in [-0.25, -0.2) is 9.18 Å². The molecule has 1 heterocycles. The number of nitrogens with zero attached hydrogens (tertiary/aromatic N) is 1. The molecule has 0 bridgehead atoms. The van der Waals surface area contributed by atoms with Crippen LogP contribution in [0.25, 0.3) is 10.9 Å². The first-order valence-electron chi connectivity index (χ1n) is 7.80. The summed E-state index contributed by atoms with van der Waals surface area (Å²) >= 11 is 0. The molecule has 2 aromatic carbocycles. The monoisotopic (exact) mass is 342 g/mol. The second-order valence-electron chi connectivity index (χ2n) is 5.78. The number of ether oxygens (including phenoxy) is 2. The number of nitrogens with one attached hydrogen (secondary N) is 1. The number of methoxy groups -OCH3 is 1. The molecule has 0 saturated heterocycles. The van der Waals surface area contributed by atoms with Crippen LogP contribution in [0.1, 0.15) is 11.3 Å². The average molecular weight is 342 g/mol. The number of carbonyl (C=O) groups is 1. The summed E-state index contributed by atoms with van der Waals surface area (Å²) in [5.74, 6) is 0.430. The number of aromatic nitrogens is 1. The van der Waals surface area contributed by atoms with E-state index in [9.17, 15) is 9.18 Å². The van der Waals surface area contributed by atoms with E-state index in [1.807, 2.05) is 30.7 Å². The Kier molecular flexibility index (Phi) is 4.61. The molecular formula is C19H19FN2O3. The van der Waals surface area contributed by atoms with Gasteiger partial charge in [-0.05, 0) is 55.0 Å². The number of hydrogen-bond acceptors (Lipinski definition) is 3. The fourth-order valence-electron chi connectivity index (χ4n) is 2.70. The van der Waals surface area contributed by atoms with Crippen LogP contribution < -0.4 is 10.1 Å². The SMILES string of the molecule is COC(=O)Nc1ccc(OCc2cc3cc(F)ccc3n2C)cc1C. The van der Waals surface area contributed by atoms with Gasteiger partial charge in [0.25, 0.3) is 0 Å². The van der Waals surface area contributed by atoms with Gasteiger partial charge in [0.15, 0.2) is 0 Å². The first-order valence-corrected chi connectivity index (χ1v) is 7.80. The fourth-order valence-corrected chi connectivity index (χ4v) is 2.70. The molecule has 1 aromatic heterocycles. The Hall–Kier alpha value is -3.02. The van der Waals surface area contributed by atoms with E-state index in [0.29, 0.717) is 18.0 Å². The van der Waals surface area contributed by atoms with Gasteiger partial charge in [0, 0.05) is 23.6 Å². The van der Waals surface area contributed by atoms with E-state index in [1.165, 1.54) is 19.2 Å².